The first-order valence-electron chi connectivity index (χ1n) is 8.42. The Balaban J connectivity index is 1.58. The van der Waals surface area contributed by atoms with Gasteiger partial charge in [0.1, 0.15) is 11.6 Å². The topological polar surface area (TPSA) is 63.7 Å². The Kier molecular flexibility index (Phi) is 5.85. The molecule has 2 aromatic rings. The quantitative estimate of drug-likeness (QED) is 0.868. The lowest BCUT2D eigenvalue weighted by atomic mass is 10.1. The van der Waals surface area contributed by atoms with Crippen molar-refractivity contribution >= 4 is 11.7 Å². The van der Waals surface area contributed by atoms with Crippen molar-refractivity contribution in [1.82, 2.24) is 10.3 Å². The molecular weight excluding hydrogens is 318 g/mol. The number of benzene rings is 1. The monoisotopic (exact) mass is 341 g/mol. The van der Waals surface area contributed by atoms with Gasteiger partial charge in [0.2, 0.25) is 5.91 Å². The molecule has 6 nitrogen and oxygen atoms in total. The number of hydrogen-bond donors (Lipinski definition) is 1. The lowest BCUT2D eigenvalue weighted by Gasteiger charge is -2.29. The van der Waals surface area contributed by atoms with Gasteiger partial charge < -0.3 is 19.7 Å². The zero-order valence-corrected chi connectivity index (χ0v) is 14.4. The van der Waals surface area contributed by atoms with Crippen LogP contribution in [0.3, 0.4) is 0 Å². The Morgan fingerprint density at radius 3 is 2.72 bits per heavy atom. The normalized spacial score (nSPS) is 14.2. The molecular formula is C19H23N3O3. The number of carbonyl (C=O) groups excluding carboxylic acids is 1. The van der Waals surface area contributed by atoms with Crippen LogP contribution in [0.5, 0.6) is 5.75 Å². The number of carbonyl (C=O) groups is 1. The van der Waals surface area contributed by atoms with E-state index < -0.39 is 0 Å². The van der Waals surface area contributed by atoms with Crippen molar-refractivity contribution in [3.05, 3.63) is 53.7 Å². The molecule has 0 saturated carbocycles. The smallest absolute Gasteiger partial charge is 0.224 e. The number of rotatable bonds is 6. The Labute approximate surface area is 147 Å². The predicted molar refractivity (Wildman–Crippen MR) is 95.8 cm³/mol. The summed E-state index contributed by atoms with van der Waals surface area (Å²) in [6, 6.07) is 11.4. The molecule has 1 amide bonds. The van der Waals surface area contributed by atoms with E-state index >= 15 is 0 Å². The van der Waals surface area contributed by atoms with E-state index in [1.54, 1.807) is 13.3 Å². The van der Waals surface area contributed by atoms with Gasteiger partial charge in [-0.05, 0) is 23.8 Å². The molecule has 0 unspecified atom stereocenters. The molecule has 0 bridgehead atoms. The van der Waals surface area contributed by atoms with Gasteiger partial charge in [0.25, 0.3) is 0 Å². The number of methoxy groups -OCH3 is 1. The maximum absolute atomic E-state index is 12.2. The van der Waals surface area contributed by atoms with Gasteiger partial charge in [-0.15, -0.1) is 0 Å². The van der Waals surface area contributed by atoms with Gasteiger partial charge >= 0.3 is 0 Å². The van der Waals surface area contributed by atoms with E-state index in [0.717, 1.165) is 35.8 Å². The van der Waals surface area contributed by atoms with E-state index in [0.29, 0.717) is 26.2 Å². The van der Waals surface area contributed by atoms with Gasteiger partial charge in [-0.3, -0.25) is 4.79 Å². The van der Waals surface area contributed by atoms with E-state index in [-0.39, 0.29) is 5.91 Å². The molecule has 0 atom stereocenters. The molecule has 1 saturated heterocycles. The molecule has 3 rings (SSSR count). The van der Waals surface area contributed by atoms with E-state index in [1.165, 1.54) is 0 Å². The van der Waals surface area contributed by atoms with Crippen LogP contribution in [0, 0.1) is 0 Å². The second-order valence-electron chi connectivity index (χ2n) is 5.89. The number of nitrogens with one attached hydrogen (secondary N) is 1. The fourth-order valence-electron chi connectivity index (χ4n) is 2.81. The van der Waals surface area contributed by atoms with Gasteiger partial charge in [0, 0.05) is 31.4 Å². The number of nitrogens with zero attached hydrogens (tertiary/aromatic N) is 2. The molecule has 1 aromatic carbocycles. The van der Waals surface area contributed by atoms with Crippen LogP contribution in [0.1, 0.15) is 11.1 Å². The Morgan fingerprint density at radius 2 is 2.00 bits per heavy atom. The Morgan fingerprint density at radius 1 is 1.24 bits per heavy atom. The first-order chi connectivity index (χ1) is 12.3. The molecule has 6 heteroatoms. The van der Waals surface area contributed by atoms with E-state index in [1.807, 2.05) is 36.4 Å². The Hall–Kier alpha value is -2.60. The molecule has 1 aromatic heterocycles. The Bertz CT molecular complexity index is 697. The first kappa shape index (κ1) is 17.2. The summed E-state index contributed by atoms with van der Waals surface area (Å²) in [5.41, 5.74) is 1.98. The molecule has 0 spiro atoms. The van der Waals surface area contributed by atoms with Crippen LogP contribution in [0.25, 0.3) is 0 Å². The van der Waals surface area contributed by atoms with Crippen LogP contribution in [-0.4, -0.2) is 44.3 Å². The highest BCUT2D eigenvalue weighted by molar-refractivity contribution is 5.78. The molecule has 1 aliphatic rings. The number of morpholine rings is 1. The average Bonchev–Trinajstić information content (AvgIpc) is 2.68. The highest BCUT2D eigenvalue weighted by Crippen LogP contribution is 2.18. The first-order valence-corrected chi connectivity index (χ1v) is 8.42. The van der Waals surface area contributed by atoms with Crippen molar-refractivity contribution in [3.8, 4) is 5.75 Å². The molecule has 0 radical (unpaired) electrons. The summed E-state index contributed by atoms with van der Waals surface area (Å²) in [5, 5.41) is 2.99. The predicted octanol–water partition coefficient (Wildman–Crippen LogP) is 1.79. The molecule has 2 heterocycles. The zero-order chi connectivity index (χ0) is 17.5. The summed E-state index contributed by atoms with van der Waals surface area (Å²) < 4.78 is 10.5. The standard InChI is InChI=1S/C19H23N3O3/c1-24-17-6-4-15(5-7-17)13-18(23)21-14-16-3-2-8-20-19(16)22-9-11-25-12-10-22/h2-8H,9-14H2,1H3,(H,21,23). The van der Waals surface area contributed by atoms with Crippen LogP contribution in [0.2, 0.25) is 0 Å². The number of aromatic nitrogens is 1. The number of anilines is 1. The highest BCUT2D eigenvalue weighted by atomic mass is 16.5. The zero-order valence-electron chi connectivity index (χ0n) is 14.4. The molecule has 132 valence electrons. The summed E-state index contributed by atoms with van der Waals surface area (Å²) in [4.78, 5) is 18.9. The van der Waals surface area contributed by atoms with Crippen LogP contribution >= 0.6 is 0 Å². The number of ether oxygens (including phenoxy) is 2. The number of amides is 1. The second kappa shape index (κ2) is 8.48. The fraction of sp³-hybridized carbons (Fsp3) is 0.368. The van der Waals surface area contributed by atoms with Crippen LogP contribution in [0.15, 0.2) is 42.6 Å². The van der Waals surface area contributed by atoms with Crippen molar-refractivity contribution in [2.75, 3.05) is 38.3 Å². The van der Waals surface area contributed by atoms with Crippen molar-refractivity contribution in [3.63, 3.8) is 0 Å². The van der Waals surface area contributed by atoms with Crippen LogP contribution < -0.4 is 15.0 Å². The van der Waals surface area contributed by atoms with Crippen molar-refractivity contribution in [1.29, 1.82) is 0 Å². The van der Waals surface area contributed by atoms with Crippen molar-refractivity contribution in [2.24, 2.45) is 0 Å². The molecule has 1 N–H and O–H groups in total. The minimum absolute atomic E-state index is 0.0121. The average molecular weight is 341 g/mol. The second-order valence-corrected chi connectivity index (χ2v) is 5.89. The maximum Gasteiger partial charge on any atom is 0.224 e. The largest absolute Gasteiger partial charge is 0.497 e. The fourth-order valence-corrected chi connectivity index (χ4v) is 2.81. The number of hydrogen-bond acceptors (Lipinski definition) is 5. The molecule has 1 aliphatic heterocycles. The SMILES string of the molecule is COc1ccc(CC(=O)NCc2cccnc2N2CCOCC2)cc1. The van der Waals surface area contributed by atoms with E-state index in [4.69, 9.17) is 9.47 Å². The summed E-state index contributed by atoms with van der Waals surface area (Å²) in [7, 11) is 1.63. The molecule has 0 aliphatic carbocycles. The van der Waals surface area contributed by atoms with Gasteiger partial charge in [0.15, 0.2) is 0 Å². The summed E-state index contributed by atoms with van der Waals surface area (Å²) in [5.74, 6) is 1.70. The van der Waals surface area contributed by atoms with E-state index in [9.17, 15) is 4.79 Å². The van der Waals surface area contributed by atoms with Crippen molar-refractivity contribution < 1.29 is 14.3 Å². The van der Waals surface area contributed by atoms with Gasteiger partial charge in [-0.1, -0.05) is 18.2 Å². The third-order valence-corrected chi connectivity index (χ3v) is 4.18. The summed E-state index contributed by atoms with van der Waals surface area (Å²) in [6.45, 7) is 3.53. The minimum Gasteiger partial charge on any atom is -0.497 e. The van der Waals surface area contributed by atoms with Gasteiger partial charge in [-0.25, -0.2) is 4.98 Å². The van der Waals surface area contributed by atoms with Crippen molar-refractivity contribution in [2.45, 2.75) is 13.0 Å². The van der Waals surface area contributed by atoms with Gasteiger partial charge in [-0.2, -0.15) is 0 Å². The van der Waals surface area contributed by atoms with Crippen LogP contribution in [0.4, 0.5) is 5.82 Å². The summed E-state index contributed by atoms with van der Waals surface area (Å²) >= 11 is 0. The third-order valence-electron chi connectivity index (χ3n) is 4.18. The van der Waals surface area contributed by atoms with E-state index in [2.05, 4.69) is 15.2 Å². The molecule has 1 fully saturated rings. The van der Waals surface area contributed by atoms with Crippen LogP contribution in [-0.2, 0) is 22.5 Å². The highest BCUT2D eigenvalue weighted by Gasteiger charge is 2.16. The number of pyridine rings is 1. The maximum atomic E-state index is 12.2. The molecule has 25 heavy (non-hydrogen) atoms. The summed E-state index contributed by atoms with van der Waals surface area (Å²) in [6.07, 6.45) is 2.13. The lowest BCUT2D eigenvalue weighted by molar-refractivity contribution is -0.120. The minimum atomic E-state index is -0.0121. The van der Waals surface area contributed by atoms with Gasteiger partial charge in [0.05, 0.1) is 26.7 Å². The third kappa shape index (κ3) is 4.70. The lowest BCUT2D eigenvalue weighted by Crippen LogP contribution is -2.38.